The number of methoxy groups -OCH3 is 2. The Kier molecular flexibility index (Phi) is 8.17. The largest absolute Gasteiger partial charge is 0.497 e. The highest BCUT2D eigenvalue weighted by atomic mass is 32.2. The summed E-state index contributed by atoms with van der Waals surface area (Å²) in [5, 5.41) is 3.95. The molecule has 0 aromatic heterocycles. The minimum Gasteiger partial charge on any atom is -0.497 e. The summed E-state index contributed by atoms with van der Waals surface area (Å²) in [6.45, 7) is -0.356. The van der Waals surface area contributed by atoms with Crippen LogP contribution in [0.3, 0.4) is 0 Å². The summed E-state index contributed by atoms with van der Waals surface area (Å²) in [5.74, 6) is 0.564. The molecule has 0 fully saturated rings. The Labute approximate surface area is 193 Å². The molecular formula is C24H25N3O5S. The van der Waals surface area contributed by atoms with E-state index in [-0.39, 0.29) is 11.4 Å². The first-order valence-electron chi connectivity index (χ1n) is 10.1. The van der Waals surface area contributed by atoms with Crippen LogP contribution in [0.15, 0.2) is 88.9 Å². The van der Waals surface area contributed by atoms with Crippen LogP contribution in [0.1, 0.15) is 11.1 Å². The van der Waals surface area contributed by atoms with Crippen LogP contribution >= 0.6 is 0 Å². The first-order valence-corrected chi connectivity index (χ1v) is 11.5. The molecule has 3 aromatic rings. The van der Waals surface area contributed by atoms with Crippen LogP contribution in [0.5, 0.6) is 11.5 Å². The van der Waals surface area contributed by atoms with Crippen molar-refractivity contribution in [2.24, 2.45) is 5.10 Å². The van der Waals surface area contributed by atoms with Gasteiger partial charge in [-0.3, -0.25) is 4.79 Å². The number of rotatable bonds is 10. The molecule has 0 radical (unpaired) electrons. The molecule has 0 spiro atoms. The molecular weight excluding hydrogens is 442 g/mol. The van der Waals surface area contributed by atoms with Crippen LogP contribution < -0.4 is 14.9 Å². The Balaban J connectivity index is 1.76. The van der Waals surface area contributed by atoms with E-state index in [2.05, 4.69) is 10.5 Å². The van der Waals surface area contributed by atoms with Crippen LogP contribution in [0.25, 0.3) is 0 Å². The molecule has 0 saturated heterocycles. The van der Waals surface area contributed by atoms with E-state index in [0.717, 1.165) is 9.87 Å². The molecule has 3 aromatic carbocycles. The second-order valence-electron chi connectivity index (χ2n) is 6.97. The lowest BCUT2D eigenvalue weighted by molar-refractivity contribution is -0.121. The average Bonchev–Trinajstić information content (AvgIpc) is 2.85. The van der Waals surface area contributed by atoms with Gasteiger partial charge < -0.3 is 9.47 Å². The molecule has 1 amide bonds. The van der Waals surface area contributed by atoms with E-state index in [4.69, 9.17) is 9.47 Å². The second-order valence-corrected chi connectivity index (χ2v) is 8.91. The molecule has 8 nitrogen and oxygen atoms in total. The molecule has 172 valence electrons. The summed E-state index contributed by atoms with van der Waals surface area (Å²) in [4.78, 5) is 12.7. The molecule has 0 unspecified atom stereocenters. The fraction of sp³-hybridized carbons (Fsp3) is 0.167. The van der Waals surface area contributed by atoms with Gasteiger partial charge in [0.15, 0.2) is 0 Å². The molecule has 33 heavy (non-hydrogen) atoms. The van der Waals surface area contributed by atoms with Crippen molar-refractivity contribution in [2.75, 3.05) is 20.8 Å². The van der Waals surface area contributed by atoms with Crippen molar-refractivity contribution < 1.29 is 22.7 Å². The fourth-order valence-electron chi connectivity index (χ4n) is 3.05. The van der Waals surface area contributed by atoms with Crippen molar-refractivity contribution in [3.8, 4) is 11.5 Å². The molecule has 0 heterocycles. The molecule has 0 atom stereocenters. The molecule has 1 N–H and O–H groups in total. The highest BCUT2D eigenvalue weighted by Crippen LogP contribution is 2.23. The maximum atomic E-state index is 13.2. The van der Waals surface area contributed by atoms with Gasteiger partial charge in [-0.1, -0.05) is 48.5 Å². The number of carbonyl (C=O) groups excluding carboxylic acids is 1. The van der Waals surface area contributed by atoms with Gasteiger partial charge in [-0.05, 0) is 29.8 Å². The Morgan fingerprint density at radius 1 is 0.970 bits per heavy atom. The van der Waals surface area contributed by atoms with Crippen molar-refractivity contribution in [3.63, 3.8) is 0 Å². The quantitative estimate of drug-likeness (QED) is 0.365. The lowest BCUT2D eigenvalue weighted by Crippen LogP contribution is -2.39. The van der Waals surface area contributed by atoms with E-state index in [1.54, 1.807) is 55.6 Å². The van der Waals surface area contributed by atoms with Crippen LogP contribution in [0.4, 0.5) is 0 Å². The molecule has 0 bridgehead atoms. The zero-order chi connectivity index (χ0) is 23.7. The number of ether oxygens (including phenoxy) is 2. The van der Waals surface area contributed by atoms with Crippen molar-refractivity contribution in [1.29, 1.82) is 0 Å². The predicted molar refractivity (Wildman–Crippen MR) is 126 cm³/mol. The SMILES string of the molecule is COc1ccc(C=NNC(=O)CN(Cc2ccccc2)S(=O)(=O)c2ccccc2)c(OC)c1. The van der Waals surface area contributed by atoms with Crippen molar-refractivity contribution in [1.82, 2.24) is 9.73 Å². The number of hydrogen-bond donors (Lipinski definition) is 1. The summed E-state index contributed by atoms with van der Waals surface area (Å²) >= 11 is 0. The van der Waals surface area contributed by atoms with Crippen LogP contribution in [-0.4, -0.2) is 45.6 Å². The third kappa shape index (κ3) is 6.41. The lowest BCUT2D eigenvalue weighted by Gasteiger charge is -2.21. The van der Waals surface area contributed by atoms with Gasteiger partial charge in [0.25, 0.3) is 5.91 Å². The number of nitrogens with one attached hydrogen (secondary N) is 1. The zero-order valence-corrected chi connectivity index (χ0v) is 19.2. The molecule has 9 heteroatoms. The van der Waals surface area contributed by atoms with Gasteiger partial charge in [-0.15, -0.1) is 0 Å². The van der Waals surface area contributed by atoms with Gasteiger partial charge in [0.1, 0.15) is 11.5 Å². The first kappa shape index (κ1) is 24.0. The predicted octanol–water partition coefficient (Wildman–Crippen LogP) is 3.05. The minimum absolute atomic E-state index is 0.0432. The van der Waals surface area contributed by atoms with E-state index < -0.39 is 22.5 Å². The number of benzene rings is 3. The monoisotopic (exact) mass is 467 g/mol. The number of carbonyl (C=O) groups is 1. The van der Waals surface area contributed by atoms with E-state index in [0.29, 0.717) is 17.1 Å². The number of nitrogens with zero attached hydrogens (tertiary/aromatic N) is 2. The van der Waals surface area contributed by atoms with E-state index >= 15 is 0 Å². The summed E-state index contributed by atoms with van der Waals surface area (Å²) in [5.41, 5.74) is 3.77. The number of hydrazone groups is 1. The standard InChI is InChI=1S/C24H25N3O5S/c1-31-21-14-13-20(23(15-21)32-2)16-25-26-24(28)18-27(17-19-9-5-3-6-10-19)33(29,30)22-11-7-4-8-12-22/h3-16H,17-18H2,1-2H3,(H,26,28). The molecule has 0 aliphatic carbocycles. The number of amides is 1. The zero-order valence-electron chi connectivity index (χ0n) is 18.3. The highest BCUT2D eigenvalue weighted by molar-refractivity contribution is 7.89. The topological polar surface area (TPSA) is 97.3 Å². The van der Waals surface area contributed by atoms with Gasteiger partial charge in [0, 0.05) is 18.2 Å². The summed E-state index contributed by atoms with van der Waals surface area (Å²) < 4.78 is 38.0. The molecule has 0 aliphatic heterocycles. The average molecular weight is 468 g/mol. The molecule has 0 aliphatic rings. The first-order chi connectivity index (χ1) is 15.9. The van der Waals surface area contributed by atoms with Crippen molar-refractivity contribution in [3.05, 3.63) is 90.0 Å². The van der Waals surface area contributed by atoms with Gasteiger partial charge in [0.05, 0.1) is 31.9 Å². The number of hydrogen-bond acceptors (Lipinski definition) is 6. The van der Waals surface area contributed by atoms with Crippen LogP contribution in [0.2, 0.25) is 0 Å². The third-order valence-electron chi connectivity index (χ3n) is 4.74. The summed E-state index contributed by atoms with van der Waals surface area (Å²) in [6, 6.07) is 22.2. The Morgan fingerprint density at radius 3 is 2.27 bits per heavy atom. The Bertz CT molecular complexity index is 1200. The van der Waals surface area contributed by atoms with E-state index in [1.165, 1.54) is 25.5 Å². The third-order valence-corrected chi connectivity index (χ3v) is 6.54. The number of sulfonamides is 1. The fourth-order valence-corrected chi connectivity index (χ4v) is 4.45. The van der Waals surface area contributed by atoms with Crippen LogP contribution in [-0.2, 0) is 21.4 Å². The second kappa shape index (κ2) is 11.3. The molecule has 3 rings (SSSR count). The maximum absolute atomic E-state index is 13.2. The lowest BCUT2D eigenvalue weighted by atomic mass is 10.2. The van der Waals surface area contributed by atoms with Crippen molar-refractivity contribution in [2.45, 2.75) is 11.4 Å². The maximum Gasteiger partial charge on any atom is 0.255 e. The highest BCUT2D eigenvalue weighted by Gasteiger charge is 2.26. The normalized spacial score (nSPS) is 11.5. The summed E-state index contributed by atoms with van der Waals surface area (Å²) in [6.07, 6.45) is 1.42. The van der Waals surface area contributed by atoms with Gasteiger partial charge in [0.2, 0.25) is 10.0 Å². The van der Waals surface area contributed by atoms with Gasteiger partial charge in [-0.2, -0.15) is 9.41 Å². The Hall–Kier alpha value is -3.69. The Morgan fingerprint density at radius 2 is 1.64 bits per heavy atom. The van der Waals surface area contributed by atoms with Crippen molar-refractivity contribution >= 4 is 22.1 Å². The smallest absolute Gasteiger partial charge is 0.255 e. The van der Waals surface area contributed by atoms with Crippen LogP contribution in [0, 0.1) is 0 Å². The minimum atomic E-state index is -3.90. The van der Waals surface area contributed by atoms with E-state index in [9.17, 15) is 13.2 Å². The summed E-state index contributed by atoms with van der Waals surface area (Å²) in [7, 11) is -0.840. The van der Waals surface area contributed by atoms with E-state index in [1.807, 2.05) is 18.2 Å². The van der Waals surface area contributed by atoms with Gasteiger partial charge in [-0.25, -0.2) is 13.8 Å². The molecule has 0 saturated carbocycles. The van der Waals surface area contributed by atoms with Gasteiger partial charge >= 0.3 is 0 Å².